The molecule has 0 heterocycles. The fourth-order valence-electron chi connectivity index (χ4n) is 3.97. The van der Waals surface area contributed by atoms with Crippen molar-refractivity contribution in [2.24, 2.45) is 0 Å². The minimum absolute atomic E-state index is 0.0842. The number of benzene rings is 3. The third kappa shape index (κ3) is 8.40. The van der Waals surface area contributed by atoms with E-state index in [-0.39, 0.29) is 24.3 Å². The summed E-state index contributed by atoms with van der Waals surface area (Å²) in [4.78, 5) is 23.4. The number of sulfonamides is 2. The number of nitrogens with zero attached hydrogens (tertiary/aromatic N) is 2. The third-order valence-corrected chi connectivity index (χ3v) is 9.67. The lowest BCUT2D eigenvalue weighted by Crippen LogP contribution is -2.38. The van der Waals surface area contributed by atoms with Gasteiger partial charge in [-0.25, -0.2) is 34.4 Å². The number of ether oxygens (including phenoxy) is 2. The summed E-state index contributed by atoms with van der Waals surface area (Å²) in [6, 6.07) is 9.55. The van der Waals surface area contributed by atoms with Crippen LogP contribution >= 0.6 is 0 Å². The lowest BCUT2D eigenvalue weighted by Gasteiger charge is -2.25. The van der Waals surface area contributed by atoms with E-state index in [1.807, 2.05) is 0 Å². The zero-order valence-electron chi connectivity index (χ0n) is 23.5. The van der Waals surface area contributed by atoms with Gasteiger partial charge in [-0.05, 0) is 61.4 Å². The Morgan fingerprint density at radius 1 is 0.614 bits per heavy atom. The molecule has 0 atom stereocenters. The van der Waals surface area contributed by atoms with Crippen LogP contribution in [0.15, 0.2) is 70.5 Å². The van der Waals surface area contributed by atoms with Gasteiger partial charge >= 0.3 is 11.9 Å². The monoisotopic (exact) mass is 660 g/mol. The molecule has 0 aliphatic heterocycles. The first kappa shape index (κ1) is 34.6. The molecule has 0 aromatic heterocycles. The average Bonchev–Trinajstić information content (AvgIpc) is 2.96. The molecule has 0 aliphatic carbocycles. The Kier molecular flexibility index (Phi) is 11.6. The first-order valence-electron chi connectivity index (χ1n) is 13.0. The van der Waals surface area contributed by atoms with E-state index in [0.717, 1.165) is 12.1 Å². The smallest absolute Gasteiger partial charge is 0.321 e. The van der Waals surface area contributed by atoms with Gasteiger partial charge in [-0.1, -0.05) is 24.3 Å². The summed E-state index contributed by atoms with van der Waals surface area (Å²) in [5, 5.41) is 0. The number of rotatable bonds is 14. The summed E-state index contributed by atoms with van der Waals surface area (Å²) >= 11 is 0. The highest BCUT2D eigenvalue weighted by atomic mass is 32.2. The minimum atomic E-state index is -4.66. The van der Waals surface area contributed by atoms with E-state index in [0.29, 0.717) is 32.9 Å². The SMILES string of the molecule is CCOC(=O)CN(Cc1ccccc1CN(CC(=O)OCC)S(=O)(=O)c1ccc(F)c(F)c1)S(=O)(=O)c1ccc(F)c(F)c1. The molecule has 0 saturated carbocycles. The van der Waals surface area contributed by atoms with Gasteiger partial charge in [-0.3, -0.25) is 9.59 Å². The van der Waals surface area contributed by atoms with Crippen LogP contribution in [0.1, 0.15) is 25.0 Å². The van der Waals surface area contributed by atoms with E-state index >= 15 is 0 Å². The second-order valence-electron chi connectivity index (χ2n) is 9.08. The van der Waals surface area contributed by atoms with Crippen LogP contribution in [0.4, 0.5) is 17.6 Å². The van der Waals surface area contributed by atoms with Gasteiger partial charge < -0.3 is 9.47 Å². The highest BCUT2D eigenvalue weighted by Crippen LogP contribution is 2.25. The molecule has 44 heavy (non-hydrogen) atoms. The molecule has 16 heteroatoms. The molecule has 3 rings (SSSR count). The maximum absolute atomic E-state index is 14.0. The highest BCUT2D eigenvalue weighted by molar-refractivity contribution is 7.89. The first-order valence-corrected chi connectivity index (χ1v) is 15.9. The molecular formula is C28H28F4N2O8S2. The van der Waals surface area contributed by atoms with Crippen LogP contribution in [0, 0.1) is 23.3 Å². The van der Waals surface area contributed by atoms with Crippen LogP contribution in [0.5, 0.6) is 0 Å². The lowest BCUT2D eigenvalue weighted by molar-refractivity contribution is -0.144. The molecule has 0 bridgehead atoms. The van der Waals surface area contributed by atoms with Gasteiger partial charge in [-0.2, -0.15) is 8.61 Å². The molecule has 0 fully saturated rings. The van der Waals surface area contributed by atoms with Gasteiger partial charge in [0.15, 0.2) is 23.3 Å². The van der Waals surface area contributed by atoms with E-state index in [9.17, 15) is 44.0 Å². The molecule has 0 amide bonds. The lowest BCUT2D eigenvalue weighted by atomic mass is 10.1. The van der Waals surface area contributed by atoms with Crippen LogP contribution in [0.25, 0.3) is 0 Å². The van der Waals surface area contributed by atoms with Crippen LogP contribution in [-0.4, -0.2) is 63.7 Å². The molecule has 3 aromatic rings. The van der Waals surface area contributed by atoms with Crippen LogP contribution in [-0.2, 0) is 52.2 Å². The van der Waals surface area contributed by atoms with Gasteiger partial charge in [0, 0.05) is 13.1 Å². The van der Waals surface area contributed by atoms with Gasteiger partial charge in [0.1, 0.15) is 13.1 Å². The van der Waals surface area contributed by atoms with Crippen molar-refractivity contribution in [1.29, 1.82) is 0 Å². The summed E-state index contributed by atoms with van der Waals surface area (Å²) in [6.45, 7) is -0.0197. The fourth-order valence-corrected chi connectivity index (χ4v) is 6.72. The van der Waals surface area contributed by atoms with Crippen LogP contribution in [0.2, 0.25) is 0 Å². The summed E-state index contributed by atoms with van der Waals surface area (Å²) < 4.78 is 120. The molecule has 0 unspecified atom stereocenters. The second kappa shape index (κ2) is 14.7. The Bertz CT molecular complexity index is 1610. The minimum Gasteiger partial charge on any atom is -0.465 e. The first-order chi connectivity index (χ1) is 20.7. The quantitative estimate of drug-likeness (QED) is 0.189. The van der Waals surface area contributed by atoms with Crippen molar-refractivity contribution in [3.8, 4) is 0 Å². The molecule has 0 N–H and O–H groups in total. The zero-order valence-corrected chi connectivity index (χ0v) is 25.1. The molecule has 0 spiro atoms. The average molecular weight is 661 g/mol. The number of carbonyl (C=O) groups excluding carboxylic acids is 2. The molecular weight excluding hydrogens is 632 g/mol. The second-order valence-corrected chi connectivity index (χ2v) is 13.0. The molecule has 0 radical (unpaired) electrons. The molecule has 238 valence electrons. The Balaban J connectivity index is 2.06. The van der Waals surface area contributed by atoms with Crippen LogP contribution in [0.3, 0.4) is 0 Å². The van der Waals surface area contributed by atoms with Crippen molar-refractivity contribution in [3.05, 3.63) is 95.1 Å². The van der Waals surface area contributed by atoms with Gasteiger partial charge in [0.05, 0.1) is 23.0 Å². The van der Waals surface area contributed by atoms with Crippen molar-refractivity contribution in [3.63, 3.8) is 0 Å². The number of hydrogen-bond donors (Lipinski definition) is 0. The van der Waals surface area contributed by atoms with Gasteiger partial charge in [0.2, 0.25) is 20.0 Å². The van der Waals surface area contributed by atoms with E-state index < -0.39 is 91.2 Å². The predicted molar refractivity (Wildman–Crippen MR) is 148 cm³/mol. The number of carbonyl (C=O) groups is 2. The maximum Gasteiger partial charge on any atom is 0.321 e. The van der Waals surface area contributed by atoms with Crippen molar-refractivity contribution >= 4 is 32.0 Å². The third-order valence-electron chi connectivity index (χ3n) is 6.09. The molecule has 0 aliphatic rings. The largest absolute Gasteiger partial charge is 0.465 e. The van der Waals surface area contributed by atoms with E-state index in [2.05, 4.69) is 0 Å². The Morgan fingerprint density at radius 3 is 1.30 bits per heavy atom. The summed E-state index contributed by atoms with van der Waals surface area (Å²) in [7, 11) is -9.32. The van der Waals surface area contributed by atoms with E-state index in [1.165, 1.54) is 38.1 Å². The Hall–Kier alpha value is -3.86. The maximum atomic E-state index is 14.0. The fraction of sp³-hybridized carbons (Fsp3) is 0.286. The normalized spacial score (nSPS) is 12.0. The van der Waals surface area contributed by atoms with Crippen LogP contribution < -0.4 is 0 Å². The van der Waals surface area contributed by atoms with E-state index in [1.54, 1.807) is 0 Å². The molecule has 0 saturated heterocycles. The van der Waals surface area contributed by atoms with Crippen molar-refractivity contribution < 1.29 is 53.5 Å². The van der Waals surface area contributed by atoms with Crippen molar-refractivity contribution in [1.82, 2.24) is 8.61 Å². The summed E-state index contributed by atoms with van der Waals surface area (Å²) in [5.41, 5.74) is 0.301. The van der Waals surface area contributed by atoms with Crippen molar-refractivity contribution in [2.45, 2.75) is 36.7 Å². The summed E-state index contributed by atoms with van der Waals surface area (Å²) in [6.07, 6.45) is 0. The number of halogens is 4. The van der Waals surface area contributed by atoms with Gasteiger partial charge in [0.25, 0.3) is 0 Å². The highest BCUT2D eigenvalue weighted by Gasteiger charge is 2.32. The topological polar surface area (TPSA) is 127 Å². The van der Waals surface area contributed by atoms with Gasteiger partial charge in [-0.15, -0.1) is 0 Å². The summed E-state index contributed by atoms with van der Waals surface area (Å²) in [5.74, 6) is -7.40. The Morgan fingerprint density at radius 2 is 0.977 bits per heavy atom. The molecule has 10 nitrogen and oxygen atoms in total. The Labute approximate surface area is 251 Å². The standard InChI is InChI=1S/C28H28F4N2O8S2/c1-3-41-27(35)17-33(43(37,38)21-9-11-23(29)25(31)13-21)15-19-7-5-6-8-20(19)16-34(18-28(36)42-4-2)44(39,40)22-10-12-24(30)26(32)14-22/h5-14H,3-4,15-18H2,1-2H3. The predicted octanol–water partition coefficient (Wildman–Crippen LogP) is 3.75. The molecule has 3 aromatic carbocycles. The number of hydrogen-bond acceptors (Lipinski definition) is 8. The zero-order chi connectivity index (χ0) is 32.7. The van der Waals surface area contributed by atoms with Crippen molar-refractivity contribution in [2.75, 3.05) is 26.3 Å². The van der Waals surface area contributed by atoms with E-state index in [4.69, 9.17) is 9.47 Å². The number of esters is 2.